The predicted molar refractivity (Wildman–Crippen MR) is 131 cm³/mol. The number of amides is 1. The summed E-state index contributed by atoms with van der Waals surface area (Å²) in [4.78, 5) is 39.2. The van der Waals surface area contributed by atoms with Crippen LogP contribution in [0.15, 0.2) is 71.6 Å². The number of thioether (sulfide) groups is 1. The van der Waals surface area contributed by atoms with Gasteiger partial charge < -0.3 is 5.32 Å². The lowest BCUT2D eigenvalue weighted by Crippen LogP contribution is -2.12. The maximum atomic E-state index is 13.4. The molecule has 32 heavy (non-hydrogen) atoms. The third kappa shape index (κ3) is 4.76. The molecule has 0 atom stereocenters. The number of rotatable bonds is 6. The van der Waals surface area contributed by atoms with E-state index in [1.54, 1.807) is 60.7 Å². The van der Waals surface area contributed by atoms with E-state index in [9.17, 15) is 14.4 Å². The lowest BCUT2D eigenvalue weighted by molar-refractivity contribution is -0.110. The van der Waals surface area contributed by atoms with Gasteiger partial charge >= 0.3 is 0 Å². The molecule has 1 amide bonds. The number of benzene rings is 3. The Morgan fingerprint density at radius 3 is 2.12 bits per heavy atom. The normalized spacial score (nSPS) is 14.0. The van der Waals surface area contributed by atoms with Crippen molar-refractivity contribution in [2.45, 2.75) is 0 Å². The van der Waals surface area contributed by atoms with E-state index in [2.05, 4.69) is 5.32 Å². The fraction of sp³-hybridized carbons (Fsp3) is 0.0417. The van der Waals surface area contributed by atoms with Gasteiger partial charge in [0.1, 0.15) is 0 Å². The summed E-state index contributed by atoms with van der Waals surface area (Å²) in [7, 11) is 0. The summed E-state index contributed by atoms with van der Waals surface area (Å²) in [5.41, 5.74) is 1.97. The number of halogens is 3. The Hall–Kier alpha value is -2.57. The van der Waals surface area contributed by atoms with Gasteiger partial charge in [0.25, 0.3) is 5.91 Å². The van der Waals surface area contributed by atoms with E-state index in [1.165, 1.54) is 6.07 Å². The maximum absolute atomic E-state index is 13.4. The molecule has 0 aromatic heterocycles. The van der Waals surface area contributed by atoms with E-state index >= 15 is 0 Å². The molecule has 4 rings (SSSR count). The minimum absolute atomic E-state index is 0.0609. The molecule has 0 unspecified atom stereocenters. The molecule has 1 aliphatic rings. The molecule has 0 spiro atoms. The van der Waals surface area contributed by atoms with E-state index in [-0.39, 0.29) is 22.0 Å². The molecule has 0 radical (unpaired) electrons. The van der Waals surface area contributed by atoms with Gasteiger partial charge in [0.05, 0.1) is 16.2 Å². The summed E-state index contributed by atoms with van der Waals surface area (Å²) in [5.74, 6) is -1.13. The van der Waals surface area contributed by atoms with E-state index in [0.717, 1.165) is 11.8 Å². The van der Waals surface area contributed by atoms with Crippen LogP contribution in [0.4, 0.5) is 5.69 Å². The standard InChI is InChI=1S/C24H14Cl3NO3S/c25-15-5-1-3-13(9-15)20(29)12-32-23(22(30)14-4-2-6-16(26)10-14)21-18-11-17(27)7-8-19(18)28-24(21)31/h1-11H,12H2,(H,28,31)/b23-21-. The van der Waals surface area contributed by atoms with Crippen molar-refractivity contribution >= 4 is 75.3 Å². The van der Waals surface area contributed by atoms with Crippen molar-refractivity contribution in [1.82, 2.24) is 0 Å². The van der Waals surface area contributed by atoms with Gasteiger partial charge in [-0.1, -0.05) is 59.1 Å². The van der Waals surface area contributed by atoms with Crippen LogP contribution in [0, 0.1) is 0 Å². The molecule has 1 heterocycles. The van der Waals surface area contributed by atoms with Crippen molar-refractivity contribution in [1.29, 1.82) is 0 Å². The molecule has 8 heteroatoms. The number of hydrogen-bond donors (Lipinski definition) is 1. The van der Waals surface area contributed by atoms with Gasteiger partial charge in [-0.3, -0.25) is 14.4 Å². The van der Waals surface area contributed by atoms with Gasteiger partial charge in [0.15, 0.2) is 11.6 Å². The van der Waals surface area contributed by atoms with Crippen molar-refractivity contribution in [2.75, 3.05) is 11.1 Å². The van der Waals surface area contributed by atoms with Crippen LogP contribution in [0.5, 0.6) is 0 Å². The van der Waals surface area contributed by atoms with Crippen LogP contribution >= 0.6 is 46.6 Å². The average Bonchev–Trinajstić information content (AvgIpc) is 3.08. The SMILES string of the molecule is O=C1Nc2ccc(Cl)cc2/C1=C(/SCC(=O)c1cccc(Cl)c1)C(=O)c1cccc(Cl)c1. The van der Waals surface area contributed by atoms with Crippen LogP contribution < -0.4 is 5.32 Å². The highest BCUT2D eigenvalue weighted by atomic mass is 35.5. The van der Waals surface area contributed by atoms with Gasteiger partial charge in [-0.2, -0.15) is 0 Å². The van der Waals surface area contributed by atoms with Gasteiger partial charge in [-0.15, -0.1) is 11.8 Å². The summed E-state index contributed by atoms with van der Waals surface area (Å²) < 4.78 is 0. The van der Waals surface area contributed by atoms with Crippen LogP contribution in [0.3, 0.4) is 0 Å². The molecule has 0 bridgehead atoms. The summed E-state index contributed by atoms with van der Waals surface area (Å²) in [5, 5.41) is 4.00. The lowest BCUT2D eigenvalue weighted by Gasteiger charge is -2.11. The highest BCUT2D eigenvalue weighted by Crippen LogP contribution is 2.40. The van der Waals surface area contributed by atoms with Gasteiger partial charge in [0, 0.05) is 37.4 Å². The summed E-state index contributed by atoms with van der Waals surface area (Å²) >= 11 is 19.2. The Morgan fingerprint density at radius 2 is 1.44 bits per heavy atom. The molecule has 1 aliphatic heterocycles. The second kappa shape index (κ2) is 9.51. The van der Waals surface area contributed by atoms with Gasteiger partial charge in [-0.05, 0) is 42.5 Å². The van der Waals surface area contributed by atoms with Gasteiger partial charge in [0.2, 0.25) is 0 Å². The largest absolute Gasteiger partial charge is 0.321 e. The fourth-order valence-corrected chi connectivity index (χ4v) is 4.85. The van der Waals surface area contributed by atoms with Crippen LogP contribution in [-0.2, 0) is 4.79 Å². The van der Waals surface area contributed by atoms with Crippen LogP contribution in [0.25, 0.3) is 5.57 Å². The molecule has 0 saturated carbocycles. The Balaban J connectivity index is 1.77. The highest BCUT2D eigenvalue weighted by molar-refractivity contribution is 8.04. The monoisotopic (exact) mass is 501 g/mol. The number of allylic oxidation sites excluding steroid dienone is 1. The van der Waals surface area contributed by atoms with E-state index in [0.29, 0.717) is 37.4 Å². The summed E-state index contributed by atoms with van der Waals surface area (Å²) in [6.07, 6.45) is 0. The zero-order valence-electron chi connectivity index (χ0n) is 16.3. The minimum Gasteiger partial charge on any atom is -0.321 e. The molecule has 4 nitrogen and oxygen atoms in total. The molecular formula is C24H14Cl3NO3S. The molecule has 0 saturated heterocycles. The zero-order valence-corrected chi connectivity index (χ0v) is 19.4. The quantitative estimate of drug-likeness (QED) is 0.297. The third-order valence-electron chi connectivity index (χ3n) is 4.74. The third-order valence-corrected chi connectivity index (χ3v) is 6.53. The number of ketones is 2. The topological polar surface area (TPSA) is 63.2 Å². The Bertz CT molecular complexity index is 1300. The van der Waals surface area contributed by atoms with E-state index < -0.39 is 11.7 Å². The molecule has 3 aromatic carbocycles. The van der Waals surface area contributed by atoms with E-state index in [1.807, 2.05) is 0 Å². The lowest BCUT2D eigenvalue weighted by atomic mass is 10.0. The number of hydrogen-bond acceptors (Lipinski definition) is 4. The number of fused-ring (bicyclic) bond motifs is 1. The first-order chi connectivity index (χ1) is 15.3. The van der Waals surface area contributed by atoms with Crippen LogP contribution in [0.1, 0.15) is 26.3 Å². The highest BCUT2D eigenvalue weighted by Gasteiger charge is 2.31. The first kappa shape index (κ1) is 22.6. The van der Waals surface area contributed by atoms with Crippen LogP contribution in [0.2, 0.25) is 15.1 Å². The van der Waals surface area contributed by atoms with E-state index in [4.69, 9.17) is 34.8 Å². The first-order valence-corrected chi connectivity index (χ1v) is 11.5. The number of nitrogens with one attached hydrogen (secondary N) is 1. The second-order valence-corrected chi connectivity index (χ2v) is 9.20. The summed E-state index contributed by atoms with van der Waals surface area (Å²) in [6, 6.07) is 17.9. The number of carbonyl (C=O) groups excluding carboxylic acids is 3. The molecule has 3 aromatic rings. The van der Waals surface area contributed by atoms with Crippen molar-refractivity contribution in [3.05, 3.63) is 103 Å². The minimum atomic E-state index is -0.435. The molecule has 0 fully saturated rings. The molecule has 160 valence electrons. The molecule has 1 N–H and O–H groups in total. The smallest absolute Gasteiger partial charge is 0.257 e. The summed E-state index contributed by atoms with van der Waals surface area (Å²) in [6.45, 7) is 0. The number of anilines is 1. The number of Topliss-reactive ketones (excluding diaryl/α,β-unsaturated/α-hetero) is 2. The molecular weight excluding hydrogens is 489 g/mol. The van der Waals surface area contributed by atoms with Crippen molar-refractivity contribution in [3.63, 3.8) is 0 Å². The first-order valence-electron chi connectivity index (χ1n) is 9.41. The van der Waals surface area contributed by atoms with Crippen LogP contribution in [-0.4, -0.2) is 23.2 Å². The maximum Gasteiger partial charge on any atom is 0.257 e. The Morgan fingerprint density at radius 1 is 0.812 bits per heavy atom. The Kier molecular flexibility index (Phi) is 6.72. The fourth-order valence-electron chi connectivity index (χ4n) is 3.26. The van der Waals surface area contributed by atoms with Crippen molar-refractivity contribution in [2.24, 2.45) is 0 Å². The van der Waals surface area contributed by atoms with Crippen molar-refractivity contribution < 1.29 is 14.4 Å². The van der Waals surface area contributed by atoms with Crippen molar-refractivity contribution in [3.8, 4) is 0 Å². The Labute approximate surface area is 203 Å². The second-order valence-electron chi connectivity index (χ2n) is 6.91. The number of carbonyl (C=O) groups is 3. The van der Waals surface area contributed by atoms with Gasteiger partial charge in [-0.25, -0.2) is 0 Å². The zero-order chi connectivity index (χ0) is 22.8. The average molecular weight is 503 g/mol. The predicted octanol–water partition coefficient (Wildman–Crippen LogP) is 6.81. The molecule has 0 aliphatic carbocycles.